The van der Waals surface area contributed by atoms with Gasteiger partial charge in [0.15, 0.2) is 0 Å². The lowest BCUT2D eigenvalue weighted by molar-refractivity contribution is 0.589. The summed E-state index contributed by atoms with van der Waals surface area (Å²) >= 11 is 0. The van der Waals surface area contributed by atoms with Gasteiger partial charge in [0.1, 0.15) is 0 Å². The van der Waals surface area contributed by atoms with E-state index in [1.807, 2.05) is 0 Å². The van der Waals surface area contributed by atoms with E-state index < -0.39 is 0 Å². The van der Waals surface area contributed by atoms with Crippen molar-refractivity contribution in [2.45, 2.75) is 105 Å². The third-order valence-corrected chi connectivity index (χ3v) is 24.7. The largest absolute Gasteiger partial charge is 0.311 e. The van der Waals surface area contributed by atoms with Crippen molar-refractivity contribution in [1.29, 1.82) is 0 Å². The summed E-state index contributed by atoms with van der Waals surface area (Å²) in [6, 6.07) is 157. The molecule has 0 atom stereocenters. The standard InChI is InChI=1S/C52H40N2.C40H30.C36H44/c1-5-13-47(14-6-1)53(48-15-7-2-8-16-48)51-37-29-43(30-38-51)23-21-41-25-33-45(34-26-41)46-35-27-42(28-36-46)22-24-44-31-39-52(40-32-44)54(49-17-9-3-10-18-49)50-19-11-4-12-20-50;1-5-13-35(14-6-1)39(36-15-7-2-8-16-36)29-31-21-25-33(26-22-31)34-27-23-32(24-28-34)30-40(37-17-9-3-10-18-37)38-19-11-4-12-20-38;1-33(2,3)23-13-21-14-24(34(4,5)6)19-29-30-20-26(36(10,11)12)16-22-15-25(35(7,8)9)18-28(32(22)30)27(17-23)31(21)29/h1-40H;1-30H;13-20H,1-12H3/b23-21+,24-22+;;. The summed E-state index contributed by atoms with van der Waals surface area (Å²) in [6.07, 6.45) is 13.2. The molecule has 0 saturated heterocycles. The molecule has 0 unspecified atom stereocenters. The Hall–Kier alpha value is -15.0. The van der Waals surface area contributed by atoms with E-state index in [-0.39, 0.29) is 21.7 Å². The summed E-state index contributed by atoms with van der Waals surface area (Å²) in [5, 5.41) is 11.2. The van der Waals surface area contributed by atoms with Gasteiger partial charge >= 0.3 is 0 Å². The van der Waals surface area contributed by atoms with Crippen molar-refractivity contribution >= 4 is 125 Å². The minimum atomic E-state index is 0.0830. The van der Waals surface area contributed by atoms with Gasteiger partial charge in [-0.2, -0.15) is 0 Å². The second-order valence-electron chi connectivity index (χ2n) is 38.2. The van der Waals surface area contributed by atoms with Gasteiger partial charge in [-0.25, -0.2) is 0 Å². The van der Waals surface area contributed by atoms with Crippen molar-refractivity contribution in [2.75, 3.05) is 9.80 Å². The van der Waals surface area contributed by atoms with Crippen LogP contribution in [0.3, 0.4) is 0 Å². The third kappa shape index (κ3) is 20.5. The fraction of sp³-hybridized carbons (Fsp3) is 0.125. The van der Waals surface area contributed by atoms with E-state index in [0.29, 0.717) is 0 Å². The molecular weight excluding hydrogens is 1570 g/mol. The highest BCUT2D eigenvalue weighted by molar-refractivity contribution is 6.33. The highest BCUT2D eigenvalue weighted by atomic mass is 15.1. The first-order valence-electron chi connectivity index (χ1n) is 45.7. The summed E-state index contributed by atoms with van der Waals surface area (Å²) < 4.78 is 0. The second kappa shape index (κ2) is 38.3. The smallest absolute Gasteiger partial charge is 0.0462 e. The first-order chi connectivity index (χ1) is 62.9. The summed E-state index contributed by atoms with van der Waals surface area (Å²) in [5.41, 5.74) is 31.9. The summed E-state index contributed by atoms with van der Waals surface area (Å²) in [5.74, 6) is 0. The summed E-state index contributed by atoms with van der Waals surface area (Å²) in [7, 11) is 0. The van der Waals surface area contributed by atoms with Gasteiger partial charge in [0.05, 0.1) is 0 Å². The van der Waals surface area contributed by atoms with Gasteiger partial charge in [0.25, 0.3) is 0 Å². The van der Waals surface area contributed by atoms with Crippen LogP contribution < -0.4 is 9.80 Å². The molecule has 2 heteroatoms. The molecule has 0 N–H and O–H groups in total. The van der Waals surface area contributed by atoms with Crippen LogP contribution in [-0.2, 0) is 21.7 Å². The molecule has 0 aliphatic heterocycles. The van der Waals surface area contributed by atoms with Crippen LogP contribution >= 0.6 is 0 Å². The number of fused-ring (bicyclic) bond motifs is 2. The van der Waals surface area contributed by atoms with Crippen LogP contribution in [0.5, 0.6) is 0 Å². The maximum absolute atomic E-state index is 2.49. The van der Waals surface area contributed by atoms with Gasteiger partial charge in [-0.3, -0.25) is 0 Å². The van der Waals surface area contributed by atoms with Crippen LogP contribution in [-0.4, -0.2) is 0 Å². The summed E-state index contributed by atoms with van der Waals surface area (Å²) in [4.78, 5) is 4.56. The topological polar surface area (TPSA) is 6.48 Å². The molecule has 0 amide bonds. The average Bonchev–Trinajstić information content (AvgIpc) is 0.701. The van der Waals surface area contributed by atoms with Crippen LogP contribution in [0.4, 0.5) is 34.1 Å². The molecule has 0 aliphatic carbocycles. The molecule has 0 radical (unpaired) electrons. The van der Waals surface area contributed by atoms with Gasteiger partial charge in [0.2, 0.25) is 0 Å². The minimum Gasteiger partial charge on any atom is -0.311 e. The molecule has 0 aromatic heterocycles. The Bertz CT molecular complexity index is 6420. The van der Waals surface area contributed by atoms with Crippen LogP contribution in [0.1, 0.15) is 161 Å². The van der Waals surface area contributed by atoms with Crippen LogP contribution in [0.15, 0.2) is 437 Å². The maximum Gasteiger partial charge on any atom is 0.0462 e. The molecule has 19 aromatic rings. The number of benzene rings is 19. The molecule has 130 heavy (non-hydrogen) atoms. The van der Waals surface area contributed by atoms with Crippen molar-refractivity contribution in [3.8, 4) is 22.3 Å². The second-order valence-corrected chi connectivity index (χ2v) is 38.2. The Morgan fingerprint density at radius 1 is 0.185 bits per heavy atom. The zero-order chi connectivity index (χ0) is 89.9. The van der Waals surface area contributed by atoms with Crippen LogP contribution in [0.2, 0.25) is 0 Å². The molecule has 0 heterocycles. The summed E-state index contributed by atoms with van der Waals surface area (Å²) in [6.45, 7) is 28.0. The van der Waals surface area contributed by atoms with Gasteiger partial charge < -0.3 is 9.80 Å². The lowest BCUT2D eigenvalue weighted by Crippen LogP contribution is -2.14. The SMILES string of the molecule is C(=C(c1ccccc1)c1ccccc1)c1ccc(-c2ccc(C=C(c3ccccc3)c3ccccc3)cc2)cc1.C(=C\c1ccc(N(c2ccccc2)c2ccccc2)cc1)/c1ccc(-c2ccc(/C=C/c3ccc(N(c4ccccc4)c4ccccc4)cc3)cc2)cc1.CC(C)(C)c1cc2cc(C(C)(C)C)cc3c4cc(C(C)(C)C)cc5cc(C(C)(C)C)cc(c(c1)c23)c54. The maximum atomic E-state index is 2.49. The number of nitrogens with zero attached hydrogens (tertiary/aromatic N) is 2. The van der Waals surface area contributed by atoms with Crippen molar-refractivity contribution in [1.82, 2.24) is 0 Å². The first kappa shape index (κ1) is 87.1. The fourth-order valence-electron chi connectivity index (χ4n) is 17.3. The lowest BCUT2D eigenvalue weighted by atomic mass is 9.76. The number of para-hydroxylation sites is 4. The van der Waals surface area contributed by atoms with Crippen molar-refractivity contribution in [2.24, 2.45) is 0 Å². The van der Waals surface area contributed by atoms with E-state index in [4.69, 9.17) is 0 Å². The predicted octanol–water partition coefficient (Wildman–Crippen LogP) is 36.1. The first-order valence-corrected chi connectivity index (χ1v) is 45.7. The Kier molecular flexibility index (Phi) is 25.7. The van der Waals surface area contributed by atoms with E-state index in [0.717, 1.165) is 45.3 Å². The van der Waals surface area contributed by atoms with Crippen molar-refractivity contribution in [3.63, 3.8) is 0 Å². The minimum absolute atomic E-state index is 0.0830. The van der Waals surface area contributed by atoms with Crippen LogP contribution in [0.25, 0.3) is 113 Å². The Morgan fingerprint density at radius 2 is 0.362 bits per heavy atom. The van der Waals surface area contributed by atoms with E-state index in [9.17, 15) is 0 Å². The molecule has 636 valence electrons. The predicted molar refractivity (Wildman–Crippen MR) is 566 cm³/mol. The van der Waals surface area contributed by atoms with Gasteiger partial charge in [-0.05, 0) is 285 Å². The van der Waals surface area contributed by atoms with Gasteiger partial charge in [0, 0.05) is 34.1 Å². The molecule has 19 aromatic carbocycles. The normalized spacial score (nSPS) is 11.8. The zero-order valence-corrected chi connectivity index (χ0v) is 76.9. The quantitative estimate of drug-likeness (QED) is 0.0480. The van der Waals surface area contributed by atoms with Crippen molar-refractivity contribution < 1.29 is 0 Å². The molecule has 0 bridgehead atoms. The molecule has 0 aliphatic rings. The number of hydrogen-bond acceptors (Lipinski definition) is 2. The number of hydrogen-bond donors (Lipinski definition) is 0. The van der Waals surface area contributed by atoms with Crippen molar-refractivity contribution in [3.05, 3.63) is 515 Å². The molecule has 0 fully saturated rings. The Labute approximate surface area is 770 Å². The molecule has 2 nitrogen and oxygen atoms in total. The van der Waals surface area contributed by atoms with Crippen LogP contribution in [0, 0.1) is 0 Å². The fourth-order valence-corrected chi connectivity index (χ4v) is 17.3. The zero-order valence-electron chi connectivity index (χ0n) is 76.9. The molecule has 19 rings (SSSR count). The Morgan fingerprint density at radius 3 is 0.562 bits per heavy atom. The van der Waals surface area contributed by atoms with Gasteiger partial charge in [-0.1, -0.05) is 447 Å². The monoisotopic (exact) mass is 1680 g/mol. The lowest BCUT2D eigenvalue weighted by Gasteiger charge is -2.28. The molecular formula is C128H114N2. The van der Waals surface area contributed by atoms with E-state index in [1.54, 1.807) is 0 Å². The average molecular weight is 1680 g/mol. The highest BCUT2D eigenvalue weighted by Gasteiger charge is 2.27. The number of rotatable bonds is 18. The number of anilines is 6. The molecule has 0 saturated carbocycles. The van der Waals surface area contributed by atoms with E-state index >= 15 is 0 Å². The Balaban J connectivity index is 0.000000140. The molecule has 0 spiro atoms. The third-order valence-electron chi connectivity index (χ3n) is 24.7. The van der Waals surface area contributed by atoms with E-state index in [1.165, 1.54) is 143 Å². The van der Waals surface area contributed by atoms with Gasteiger partial charge in [-0.15, -0.1) is 0 Å². The van der Waals surface area contributed by atoms with E-state index in [2.05, 4.69) is 566 Å². The highest BCUT2D eigenvalue weighted by Crippen LogP contribution is 2.48.